The molecule has 6 nitrogen and oxygen atoms in total. The summed E-state index contributed by atoms with van der Waals surface area (Å²) >= 11 is 0. The van der Waals surface area contributed by atoms with Crippen LogP contribution in [0.4, 0.5) is 0 Å². The van der Waals surface area contributed by atoms with Gasteiger partial charge >= 0.3 is 5.97 Å². The first-order chi connectivity index (χ1) is 5.81. The van der Waals surface area contributed by atoms with Crippen LogP contribution in [0.15, 0.2) is 0 Å². The fourth-order valence-electron chi connectivity index (χ4n) is 0.841. The van der Waals surface area contributed by atoms with Crippen LogP contribution in [-0.2, 0) is 0 Å². The fraction of sp³-hybridized carbons (Fsp3) is 1.00. The molecule has 0 spiro atoms. The molecule has 0 bridgehead atoms. The number of unbranched alkanes of at least 4 members (excludes halogenated alkanes) is 1. The molecule has 0 aromatic carbocycles. The van der Waals surface area contributed by atoms with Crippen molar-refractivity contribution in [3.8, 4) is 0 Å². The first kappa shape index (κ1) is 12.8. The molecular weight excluding hydrogens is 178 g/mol. The molecule has 0 amide bonds. The van der Waals surface area contributed by atoms with Crippen molar-refractivity contribution in [2.24, 2.45) is 0 Å². The van der Waals surface area contributed by atoms with E-state index in [1.54, 1.807) is 7.05 Å². The lowest BCUT2D eigenvalue weighted by atomic mass is 10.1. The van der Waals surface area contributed by atoms with Gasteiger partial charge in [0.15, 0.2) is 0 Å². The first-order valence-electron chi connectivity index (χ1n) is 4.08. The van der Waals surface area contributed by atoms with E-state index in [0.717, 1.165) is 0 Å². The van der Waals surface area contributed by atoms with E-state index in [0.29, 0.717) is 19.4 Å². The largest absolute Gasteiger partial charge is 0.359 e. The van der Waals surface area contributed by atoms with Gasteiger partial charge in [0, 0.05) is 6.42 Å². The van der Waals surface area contributed by atoms with Gasteiger partial charge < -0.3 is 30.8 Å². The minimum Gasteiger partial charge on any atom is -0.359 e. The van der Waals surface area contributed by atoms with E-state index < -0.39 is 11.8 Å². The summed E-state index contributed by atoms with van der Waals surface area (Å²) in [6, 6.07) is 0. The topological polar surface area (TPSA) is 113 Å². The van der Waals surface area contributed by atoms with E-state index in [1.165, 1.54) is 0 Å². The molecule has 0 radical (unpaired) electrons. The summed E-state index contributed by atoms with van der Waals surface area (Å²) in [5.74, 6) is -6.34. The summed E-state index contributed by atoms with van der Waals surface area (Å²) in [7, 11) is 1.75. The maximum absolute atomic E-state index is 8.94. The van der Waals surface area contributed by atoms with Gasteiger partial charge in [-0.15, -0.1) is 0 Å². The van der Waals surface area contributed by atoms with Crippen molar-refractivity contribution in [3.63, 3.8) is 0 Å². The van der Waals surface area contributed by atoms with Crippen LogP contribution in [0.2, 0.25) is 0 Å². The highest BCUT2D eigenvalue weighted by Gasteiger charge is 2.45. The molecule has 0 aliphatic rings. The fourth-order valence-corrected chi connectivity index (χ4v) is 0.841. The molecule has 0 saturated heterocycles. The molecule has 80 valence electrons. The summed E-state index contributed by atoms with van der Waals surface area (Å²) in [6.07, 6.45) is 0.699. The Labute approximate surface area is 76.4 Å². The second kappa shape index (κ2) is 4.85. The third kappa shape index (κ3) is 4.51. The zero-order valence-corrected chi connectivity index (χ0v) is 7.56. The van der Waals surface area contributed by atoms with Gasteiger partial charge in [-0.2, -0.15) is 0 Å². The molecule has 0 rings (SSSR count). The van der Waals surface area contributed by atoms with Crippen LogP contribution in [-0.4, -0.2) is 50.9 Å². The summed E-state index contributed by atoms with van der Waals surface area (Å²) in [6.45, 7) is 0.686. The Morgan fingerprint density at radius 1 is 1.00 bits per heavy atom. The van der Waals surface area contributed by atoms with Crippen molar-refractivity contribution in [2.45, 2.75) is 31.0 Å². The molecule has 0 unspecified atom stereocenters. The minimum atomic E-state index is -3.47. The molecule has 0 aliphatic heterocycles. The summed E-state index contributed by atoms with van der Waals surface area (Å²) in [5, 5.41) is 46.2. The molecule has 6 N–H and O–H groups in total. The number of aliphatic hydroxyl groups is 5. The highest BCUT2D eigenvalue weighted by molar-refractivity contribution is 4.72. The molecule has 0 saturated carbocycles. The molecule has 0 aromatic heterocycles. The highest BCUT2D eigenvalue weighted by Crippen LogP contribution is 2.20. The second-order valence-corrected chi connectivity index (χ2v) is 3.01. The van der Waals surface area contributed by atoms with Crippen LogP contribution in [0.5, 0.6) is 0 Å². The van der Waals surface area contributed by atoms with Crippen molar-refractivity contribution in [2.75, 3.05) is 13.6 Å². The zero-order chi connectivity index (χ0) is 10.5. The van der Waals surface area contributed by atoms with Gasteiger partial charge in [-0.3, -0.25) is 0 Å². The molecule has 0 fully saturated rings. The molecule has 13 heavy (non-hydrogen) atoms. The normalized spacial score (nSPS) is 13.4. The predicted octanol–water partition coefficient (Wildman–Crippen LogP) is -2.31. The summed E-state index contributed by atoms with van der Waals surface area (Å²) in [4.78, 5) is 0. The Balaban J connectivity index is 3.77. The van der Waals surface area contributed by atoms with E-state index in [4.69, 9.17) is 25.5 Å². The Morgan fingerprint density at radius 3 is 1.92 bits per heavy atom. The maximum atomic E-state index is 8.94. The minimum absolute atomic E-state index is 0.307. The van der Waals surface area contributed by atoms with Gasteiger partial charge in [0.05, 0.1) is 0 Å². The van der Waals surface area contributed by atoms with Gasteiger partial charge in [0.25, 0.3) is 0 Å². The van der Waals surface area contributed by atoms with E-state index in [9.17, 15) is 0 Å². The van der Waals surface area contributed by atoms with Gasteiger partial charge in [-0.05, 0) is 26.4 Å². The summed E-state index contributed by atoms with van der Waals surface area (Å²) in [5.41, 5.74) is 0. The monoisotopic (exact) mass is 195 g/mol. The van der Waals surface area contributed by atoms with Crippen LogP contribution >= 0.6 is 0 Å². The third-order valence-corrected chi connectivity index (χ3v) is 1.74. The molecular formula is C7H17NO5. The van der Waals surface area contributed by atoms with E-state index in [2.05, 4.69) is 5.32 Å². The molecule has 0 aliphatic carbocycles. The van der Waals surface area contributed by atoms with Crippen molar-refractivity contribution < 1.29 is 25.5 Å². The maximum Gasteiger partial charge on any atom is 0.332 e. The zero-order valence-electron chi connectivity index (χ0n) is 7.56. The van der Waals surface area contributed by atoms with Crippen LogP contribution in [0.25, 0.3) is 0 Å². The van der Waals surface area contributed by atoms with Crippen molar-refractivity contribution in [1.82, 2.24) is 5.32 Å². The second-order valence-electron chi connectivity index (χ2n) is 3.01. The molecule has 0 atom stereocenters. The van der Waals surface area contributed by atoms with E-state index >= 15 is 0 Å². The van der Waals surface area contributed by atoms with Crippen LogP contribution in [0, 0.1) is 0 Å². The van der Waals surface area contributed by atoms with Gasteiger partial charge in [0.1, 0.15) is 0 Å². The SMILES string of the molecule is CNCCCCC(O)(O)C(O)(O)O. The number of rotatable bonds is 6. The number of nitrogens with one attached hydrogen (secondary N) is 1. The average Bonchev–Trinajstić information content (AvgIpc) is 1.96. The Hall–Kier alpha value is -0.240. The Morgan fingerprint density at radius 2 is 1.54 bits per heavy atom. The third-order valence-electron chi connectivity index (χ3n) is 1.74. The molecule has 0 heterocycles. The summed E-state index contributed by atoms with van der Waals surface area (Å²) < 4.78 is 0. The van der Waals surface area contributed by atoms with Crippen molar-refractivity contribution in [3.05, 3.63) is 0 Å². The quantitative estimate of drug-likeness (QED) is 0.210. The average molecular weight is 195 g/mol. The molecule has 0 aromatic rings. The Bertz CT molecular complexity index is 142. The lowest BCUT2D eigenvalue weighted by Gasteiger charge is -2.29. The van der Waals surface area contributed by atoms with Crippen LogP contribution in [0.1, 0.15) is 19.3 Å². The lowest BCUT2D eigenvalue weighted by molar-refractivity contribution is -0.447. The van der Waals surface area contributed by atoms with E-state index in [1.807, 2.05) is 0 Å². The smallest absolute Gasteiger partial charge is 0.332 e. The van der Waals surface area contributed by atoms with Crippen molar-refractivity contribution in [1.29, 1.82) is 0 Å². The number of hydrogen-bond donors (Lipinski definition) is 6. The van der Waals surface area contributed by atoms with Gasteiger partial charge in [-0.25, -0.2) is 0 Å². The van der Waals surface area contributed by atoms with Crippen molar-refractivity contribution >= 4 is 0 Å². The highest BCUT2D eigenvalue weighted by atomic mass is 16.7. The lowest BCUT2D eigenvalue weighted by Crippen LogP contribution is -2.54. The number of hydrogen-bond acceptors (Lipinski definition) is 6. The first-order valence-corrected chi connectivity index (χ1v) is 4.08. The molecule has 6 heteroatoms. The predicted molar refractivity (Wildman–Crippen MR) is 44.3 cm³/mol. The van der Waals surface area contributed by atoms with E-state index in [-0.39, 0.29) is 6.42 Å². The standard InChI is InChI=1S/C7H17NO5/c1-8-5-3-2-4-6(9,10)7(11,12)13/h8-13H,2-5H2,1H3. The Kier molecular flexibility index (Phi) is 4.76. The van der Waals surface area contributed by atoms with Crippen LogP contribution < -0.4 is 5.32 Å². The van der Waals surface area contributed by atoms with Gasteiger partial charge in [0.2, 0.25) is 5.79 Å². The van der Waals surface area contributed by atoms with Crippen LogP contribution in [0.3, 0.4) is 0 Å². The van der Waals surface area contributed by atoms with Gasteiger partial charge in [-0.1, -0.05) is 0 Å².